The fourth-order valence-corrected chi connectivity index (χ4v) is 3.18. The van der Waals surface area contributed by atoms with Crippen LogP contribution in [0.3, 0.4) is 0 Å². The van der Waals surface area contributed by atoms with Crippen LogP contribution in [0.1, 0.15) is 19.3 Å². The fourth-order valence-electron chi connectivity index (χ4n) is 3.18. The minimum atomic E-state index is 0.163. The van der Waals surface area contributed by atoms with Gasteiger partial charge in [0.15, 0.2) is 0 Å². The van der Waals surface area contributed by atoms with E-state index in [9.17, 15) is 5.11 Å². The molecule has 1 saturated carbocycles. The number of hydrogen-bond acceptors (Lipinski definition) is 3. The topological polar surface area (TPSA) is 72.2 Å². The maximum Gasteiger partial charge on any atom is 0.0502 e. The lowest BCUT2D eigenvalue weighted by molar-refractivity contribution is 0.112. The normalized spacial score (nSPS) is 35.1. The van der Waals surface area contributed by atoms with Gasteiger partial charge in [-0.15, -0.1) is 0 Å². The highest BCUT2D eigenvalue weighted by Crippen LogP contribution is 2.48. The summed E-state index contributed by atoms with van der Waals surface area (Å²) in [7, 11) is 0. The van der Waals surface area contributed by atoms with E-state index in [4.69, 9.17) is 5.53 Å². The first-order valence-electron chi connectivity index (χ1n) is 5.65. The maximum atomic E-state index is 9.51. The van der Waals surface area contributed by atoms with Gasteiger partial charge >= 0.3 is 0 Å². The van der Waals surface area contributed by atoms with Crippen LogP contribution in [0.2, 0.25) is 0 Å². The first-order chi connectivity index (χ1) is 7.30. The summed E-state index contributed by atoms with van der Waals surface area (Å²) in [5, 5.41) is 13.1. The Balaban J connectivity index is 1.90. The summed E-state index contributed by atoms with van der Waals surface area (Å²) in [4.78, 5) is 5.08. The lowest BCUT2D eigenvalue weighted by atomic mass is 9.82. The first-order valence-corrected chi connectivity index (χ1v) is 5.65. The molecule has 5 heteroatoms. The Morgan fingerprint density at radius 1 is 1.60 bits per heavy atom. The summed E-state index contributed by atoms with van der Waals surface area (Å²) in [6, 6.07) is 0. The van der Waals surface area contributed by atoms with Gasteiger partial charge in [-0.3, -0.25) is 0 Å². The summed E-state index contributed by atoms with van der Waals surface area (Å²) >= 11 is 0. The molecule has 5 nitrogen and oxygen atoms in total. The molecule has 2 aliphatic rings. The van der Waals surface area contributed by atoms with Crippen molar-refractivity contribution in [2.75, 3.05) is 32.8 Å². The zero-order chi connectivity index (χ0) is 10.7. The number of azide groups is 1. The molecule has 84 valence electrons. The third kappa shape index (κ3) is 1.95. The number of hydrogen-bond donors (Lipinski definition) is 1. The molecule has 0 radical (unpaired) electrons. The summed E-state index contributed by atoms with van der Waals surface area (Å²) in [6.07, 6.45) is 3.67. The van der Waals surface area contributed by atoms with E-state index >= 15 is 0 Å². The second kappa shape index (κ2) is 4.39. The molecule has 2 atom stereocenters. The highest BCUT2D eigenvalue weighted by Gasteiger charge is 2.48. The number of likely N-dealkylation sites (tertiary alicyclic amines) is 1. The van der Waals surface area contributed by atoms with Crippen LogP contribution in [-0.4, -0.2) is 42.8 Å². The standard InChI is InChI=1S/C10H18N4O/c11-13-12-4-5-14-6-9-2-1-3-10(9,7-14)8-15/h9,15H,1-8H2/t9-,10+/m1/s1. The van der Waals surface area contributed by atoms with Crippen LogP contribution in [-0.2, 0) is 0 Å². The van der Waals surface area contributed by atoms with E-state index in [1.165, 1.54) is 12.8 Å². The van der Waals surface area contributed by atoms with Gasteiger partial charge in [-0.1, -0.05) is 11.5 Å². The second-order valence-electron chi connectivity index (χ2n) is 4.80. The van der Waals surface area contributed by atoms with Crippen LogP contribution in [0.25, 0.3) is 10.4 Å². The monoisotopic (exact) mass is 210 g/mol. The largest absolute Gasteiger partial charge is 0.396 e. The molecule has 2 rings (SSSR count). The predicted octanol–water partition coefficient (Wildman–Crippen LogP) is 1.39. The molecule has 1 N–H and O–H groups in total. The Labute approximate surface area is 89.7 Å². The molecule has 1 heterocycles. The molecule has 2 fully saturated rings. The SMILES string of the molecule is [N-]=[N+]=NCCN1C[C@H]2CCC[C@@]2(CO)C1. The van der Waals surface area contributed by atoms with Gasteiger partial charge in [0, 0.05) is 36.5 Å². The zero-order valence-corrected chi connectivity index (χ0v) is 8.97. The van der Waals surface area contributed by atoms with Gasteiger partial charge < -0.3 is 10.0 Å². The van der Waals surface area contributed by atoms with Crippen molar-refractivity contribution in [3.8, 4) is 0 Å². The van der Waals surface area contributed by atoms with E-state index in [1.54, 1.807) is 0 Å². The van der Waals surface area contributed by atoms with Crippen LogP contribution in [0.4, 0.5) is 0 Å². The summed E-state index contributed by atoms with van der Waals surface area (Å²) < 4.78 is 0. The molecule has 0 aromatic rings. The molecule has 0 amide bonds. The molecule has 0 bridgehead atoms. The Kier molecular flexibility index (Phi) is 3.14. The van der Waals surface area contributed by atoms with Gasteiger partial charge in [-0.2, -0.15) is 0 Å². The maximum absolute atomic E-state index is 9.51. The predicted molar refractivity (Wildman–Crippen MR) is 57.3 cm³/mol. The van der Waals surface area contributed by atoms with Gasteiger partial charge in [-0.25, -0.2) is 0 Å². The highest BCUT2D eigenvalue weighted by atomic mass is 16.3. The molecule has 0 aromatic heterocycles. The van der Waals surface area contributed by atoms with Crippen LogP contribution in [0, 0.1) is 11.3 Å². The molecule has 0 unspecified atom stereocenters. The van der Waals surface area contributed by atoms with Crippen molar-refractivity contribution in [1.82, 2.24) is 4.90 Å². The fraction of sp³-hybridized carbons (Fsp3) is 1.00. The van der Waals surface area contributed by atoms with Gasteiger partial charge in [0.05, 0.1) is 6.61 Å². The van der Waals surface area contributed by atoms with Gasteiger partial charge in [0.2, 0.25) is 0 Å². The molecule has 0 aromatic carbocycles. The van der Waals surface area contributed by atoms with E-state index in [0.717, 1.165) is 26.1 Å². The highest BCUT2D eigenvalue weighted by molar-refractivity contribution is 5.00. The number of aliphatic hydroxyl groups is 1. The Bertz CT molecular complexity index is 277. The third-order valence-electron chi connectivity index (χ3n) is 4.00. The second-order valence-corrected chi connectivity index (χ2v) is 4.80. The van der Waals surface area contributed by atoms with E-state index in [1.807, 2.05) is 0 Å². The van der Waals surface area contributed by atoms with Gasteiger partial charge in [0.1, 0.15) is 0 Å². The number of rotatable bonds is 4. The Morgan fingerprint density at radius 2 is 2.47 bits per heavy atom. The molecular formula is C10H18N4O. The van der Waals surface area contributed by atoms with Crippen LogP contribution >= 0.6 is 0 Å². The van der Waals surface area contributed by atoms with E-state index in [2.05, 4.69) is 14.9 Å². The van der Waals surface area contributed by atoms with E-state index < -0.39 is 0 Å². The van der Waals surface area contributed by atoms with Crippen LogP contribution < -0.4 is 0 Å². The third-order valence-corrected chi connectivity index (χ3v) is 4.00. The van der Waals surface area contributed by atoms with Crippen molar-refractivity contribution < 1.29 is 5.11 Å². The summed E-state index contributed by atoms with van der Waals surface area (Å²) in [5.74, 6) is 0.661. The van der Waals surface area contributed by atoms with E-state index in [-0.39, 0.29) is 5.41 Å². The Hall–Kier alpha value is -0.770. The quantitative estimate of drug-likeness (QED) is 0.432. The number of nitrogens with zero attached hydrogens (tertiary/aromatic N) is 4. The molecule has 1 aliphatic carbocycles. The molecular weight excluding hydrogens is 192 g/mol. The number of fused-ring (bicyclic) bond motifs is 1. The van der Waals surface area contributed by atoms with Crippen LogP contribution in [0.5, 0.6) is 0 Å². The van der Waals surface area contributed by atoms with Gasteiger partial charge in [0.25, 0.3) is 0 Å². The van der Waals surface area contributed by atoms with Crippen molar-refractivity contribution in [3.05, 3.63) is 10.4 Å². The van der Waals surface area contributed by atoms with Crippen molar-refractivity contribution >= 4 is 0 Å². The van der Waals surface area contributed by atoms with Crippen molar-refractivity contribution in [1.29, 1.82) is 0 Å². The van der Waals surface area contributed by atoms with Crippen LogP contribution in [0.15, 0.2) is 5.11 Å². The first kappa shape index (κ1) is 10.7. The molecule has 1 saturated heterocycles. The minimum absolute atomic E-state index is 0.163. The van der Waals surface area contributed by atoms with Crippen molar-refractivity contribution in [2.45, 2.75) is 19.3 Å². The average molecular weight is 210 g/mol. The zero-order valence-electron chi connectivity index (χ0n) is 8.97. The van der Waals surface area contributed by atoms with Crippen molar-refractivity contribution in [3.63, 3.8) is 0 Å². The molecule has 1 aliphatic heterocycles. The summed E-state index contributed by atoms with van der Waals surface area (Å²) in [5.41, 5.74) is 8.36. The lowest BCUT2D eigenvalue weighted by Crippen LogP contribution is -2.31. The smallest absolute Gasteiger partial charge is 0.0502 e. The molecule has 0 spiro atoms. The Morgan fingerprint density at radius 3 is 3.13 bits per heavy atom. The molecule has 15 heavy (non-hydrogen) atoms. The average Bonchev–Trinajstić information content (AvgIpc) is 2.74. The minimum Gasteiger partial charge on any atom is -0.396 e. The number of aliphatic hydroxyl groups excluding tert-OH is 1. The van der Waals surface area contributed by atoms with E-state index in [0.29, 0.717) is 19.1 Å². The van der Waals surface area contributed by atoms with Crippen molar-refractivity contribution in [2.24, 2.45) is 16.4 Å². The lowest BCUT2D eigenvalue weighted by Gasteiger charge is -2.26. The summed E-state index contributed by atoms with van der Waals surface area (Å²) in [6.45, 7) is 3.75. The van der Waals surface area contributed by atoms with Gasteiger partial charge in [-0.05, 0) is 24.3 Å².